The van der Waals surface area contributed by atoms with Gasteiger partial charge in [-0.1, -0.05) is 18.2 Å². The quantitative estimate of drug-likeness (QED) is 0.544. The van der Waals surface area contributed by atoms with Crippen molar-refractivity contribution in [2.75, 3.05) is 26.0 Å². The zero-order valence-corrected chi connectivity index (χ0v) is 18.4. The molecule has 7 nitrogen and oxygen atoms in total. The van der Waals surface area contributed by atoms with Gasteiger partial charge in [0.25, 0.3) is 5.91 Å². The van der Waals surface area contributed by atoms with Gasteiger partial charge in [0.05, 0.1) is 24.5 Å². The molecular formula is C22H26FNO6S. The van der Waals surface area contributed by atoms with Crippen LogP contribution in [-0.2, 0) is 21.4 Å². The summed E-state index contributed by atoms with van der Waals surface area (Å²) in [7, 11) is -2.36. The first-order valence-electron chi connectivity index (χ1n) is 10.1. The van der Waals surface area contributed by atoms with Crippen molar-refractivity contribution in [3.63, 3.8) is 0 Å². The third-order valence-corrected chi connectivity index (χ3v) is 6.15. The van der Waals surface area contributed by atoms with Gasteiger partial charge in [0.2, 0.25) is 0 Å². The molecule has 0 bridgehead atoms. The number of benzene rings is 2. The summed E-state index contributed by atoms with van der Waals surface area (Å²) in [4.78, 5) is 14.6. The Morgan fingerprint density at radius 1 is 1.23 bits per heavy atom. The smallest absolute Gasteiger partial charge is 0.309 e. The summed E-state index contributed by atoms with van der Waals surface area (Å²) in [5, 5.41) is 0. The average molecular weight is 452 g/mol. The second-order valence-electron chi connectivity index (χ2n) is 7.22. The van der Waals surface area contributed by atoms with Gasteiger partial charge in [-0.25, -0.2) is 4.39 Å². The van der Waals surface area contributed by atoms with Crippen LogP contribution in [0, 0.1) is 5.82 Å². The normalized spacial score (nSPS) is 16.2. The second kappa shape index (κ2) is 10.1. The summed E-state index contributed by atoms with van der Waals surface area (Å²) >= 11 is 0. The lowest BCUT2D eigenvalue weighted by Crippen LogP contribution is -2.37. The predicted octanol–water partition coefficient (Wildman–Crippen LogP) is 3.38. The van der Waals surface area contributed by atoms with Crippen molar-refractivity contribution in [1.29, 1.82) is 0 Å². The Labute approximate surface area is 181 Å². The highest BCUT2D eigenvalue weighted by Crippen LogP contribution is 2.30. The maximum atomic E-state index is 14.3. The molecule has 3 rings (SSSR count). The number of carbonyl (C=O) groups is 1. The first-order chi connectivity index (χ1) is 14.8. The molecular weight excluding hydrogens is 425 g/mol. The molecule has 0 aromatic heterocycles. The molecule has 1 fully saturated rings. The zero-order chi connectivity index (χ0) is 22.4. The fourth-order valence-electron chi connectivity index (χ4n) is 3.36. The van der Waals surface area contributed by atoms with E-state index in [0.29, 0.717) is 18.7 Å². The van der Waals surface area contributed by atoms with Crippen molar-refractivity contribution in [2.24, 2.45) is 0 Å². The third-order valence-electron chi connectivity index (χ3n) is 5.01. The zero-order valence-electron chi connectivity index (χ0n) is 17.5. The number of hydrogen-bond acceptors (Lipinski definition) is 6. The Kier molecular flexibility index (Phi) is 7.50. The van der Waals surface area contributed by atoms with Crippen molar-refractivity contribution in [1.82, 2.24) is 4.90 Å². The summed E-state index contributed by atoms with van der Waals surface area (Å²) in [6.07, 6.45) is 1.58. The summed E-state index contributed by atoms with van der Waals surface area (Å²) in [5.41, 5.74) is 0.587. The molecule has 0 aliphatic carbocycles. The summed E-state index contributed by atoms with van der Waals surface area (Å²) in [6, 6.07) is 10.6. The van der Waals surface area contributed by atoms with E-state index < -0.39 is 21.8 Å². The lowest BCUT2D eigenvalue weighted by Gasteiger charge is -2.26. The second-order valence-corrected chi connectivity index (χ2v) is 9.07. The molecule has 0 spiro atoms. The molecule has 1 heterocycles. The average Bonchev–Trinajstić information content (AvgIpc) is 3.26. The van der Waals surface area contributed by atoms with Crippen molar-refractivity contribution in [2.45, 2.75) is 32.4 Å². The van der Waals surface area contributed by atoms with Crippen LogP contribution in [-0.4, -0.2) is 51.3 Å². The highest BCUT2D eigenvalue weighted by molar-refractivity contribution is 7.87. The minimum Gasteiger partial charge on any atom is -0.493 e. The topological polar surface area (TPSA) is 82.1 Å². The molecule has 1 atom stereocenters. The van der Waals surface area contributed by atoms with Gasteiger partial charge >= 0.3 is 10.1 Å². The molecule has 2 aromatic carbocycles. The largest absolute Gasteiger partial charge is 0.493 e. The molecule has 0 saturated carbocycles. The van der Waals surface area contributed by atoms with Crippen LogP contribution >= 0.6 is 0 Å². The summed E-state index contributed by atoms with van der Waals surface area (Å²) in [5.74, 6) is -0.966. The number of carbonyl (C=O) groups excluding carboxylic acids is 1. The van der Waals surface area contributed by atoms with E-state index in [1.807, 2.05) is 0 Å². The van der Waals surface area contributed by atoms with Crippen LogP contribution in [0.25, 0.3) is 0 Å². The molecule has 9 heteroatoms. The van der Waals surface area contributed by atoms with Crippen molar-refractivity contribution < 1.29 is 31.3 Å². The first kappa shape index (κ1) is 23.0. The van der Waals surface area contributed by atoms with Crippen molar-refractivity contribution >= 4 is 16.0 Å². The van der Waals surface area contributed by atoms with E-state index in [9.17, 15) is 17.6 Å². The Bertz CT molecular complexity index is 1020. The van der Waals surface area contributed by atoms with Crippen molar-refractivity contribution in [3.05, 3.63) is 59.4 Å². The van der Waals surface area contributed by atoms with Crippen LogP contribution in [0.2, 0.25) is 0 Å². The summed E-state index contributed by atoms with van der Waals surface area (Å²) < 4.78 is 54.1. The van der Waals surface area contributed by atoms with Gasteiger partial charge in [0, 0.05) is 19.7 Å². The Morgan fingerprint density at radius 2 is 2.00 bits per heavy atom. The molecule has 0 radical (unpaired) electrons. The number of nitrogens with zero attached hydrogens (tertiary/aromatic N) is 1. The van der Waals surface area contributed by atoms with Crippen LogP contribution in [0.15, 0.2) is 42.5 Å². The fourth-order valence-corrected chi connectivity index (χ4v) is 3.88. The molecule has 2 aromatic rings. The summed E-state index contributed by atoms with van der Waals surface area (Å²) in [6.45, 7) is 2.52. The van der Waals surface area contributed by atoms with Gasteiger partial charge in [0.15, 0.2) is 11.5 Å². The van der Waals surface area contributed by atoms with Crippen LogP contribution in [0.5, 0.6) is 11.5 Å². The Hall–Kier alpha value is -2.65. The van der Waals surface area contributed by atoms with Crippen LogP contribution in [0.4, 0.5) is 4.39 Å². The highest BCUT2D eigenvalue weighted by atomic mass is 32.2. The van der Waals surface area contributed by atoms with Gasteiger partial charge in [0.1, 0.15) is 5.82 Å². The van der Waals surface area contributed by atoms with E-state index in [1.54, 1.807) is 18.2 Å². The maximum absolute atomic E-state index is 14.3. The molecule has 1 aliphatic rings. The highest BCUT2D eigenvalue weighted by Gasteiger charge is 2.26. The maximum Gasteiger partial charge on any atom is 0.309 e. The van der Waals surface area contributed by atoms with E-state index in [0.717, 1.165) is 12.8 Å². The minimum absolute atomic E-state index is 0.0287. The van der Waals surface area contributed by atoms with Gasteiger partial charge in [-0.2, -0.15) is 8.42 Å². The van der Waals surface area contributed by atoms with Gasteiger partial charge in [-0.05, 0) is 49.6 Å². The SMILES string of the molecule is CCS(=O)(=O)Oc1cc(CN(CC2CCCO2)C(=O)c2ccccc2F)ccc1OC. The monoisotopic (exact) mass is 451 g/mol. The molecule has 0 N–H and O–H groups in total. The first-order valence-corrected chi connectivity index (χ1v) is 11.6. The van der Waals surface area contributed by atoms with E-state index in [4.69, 9.17) is 13.7 Å². The van der Waals surface area contributed by atoms with Gasteiger partial charge in [-0.15, -0.1) is 0 Å². The van der Waals surface area contributed by atoms with Crippen molar-refractivity contribution in [3.8, 4) is 11.5 Å². The Balaban J connectivity index is 1.89. The molecule has 168 valence electrons. The lowest BCUT2D eigenvalue weighted by molar-refractivity contribution is 0.0503. The van der Waals surface area contributed by atoms with E-state index in [-0.39, 0.29) is 35.5 Å². The van der Waals surface area contributed by atoms with Crippen LogP contribution in [0.3, 0.4) is 0 Å². The molecule has 1 amide bonds. The minimum atomic E-state index is -3.76. The molecule has 31 heavy (non-hydrogen) atoms. The predicted molar refractivity (Wildman–Crippen MR) is 113 cm³/mol. The van der Waals surface area contributed by atoms with E-state index in [2.05, 4.69) is 0 Å². The number of halogens is 1. The molecule has 1 aliphatic heterocycles. The van der Waals surface area contributed by atoms with Gasteiger partial charge in [-0.3, -0.25) is 4.79 Å². The number of amides is 1. The Morgan fingerprint density at radius 3 is 2.65 bits per heavy atom. The number of methoxy groups -OCH3 is 1. The van der Waals surface area contributed by atoms with Gasteiger partial charge < -0.3 is 18.6 Å². The molecule has 1 saturated heterocycles. The number of ether oxygens (including phenoxy) is 2. The fraction of sp³-hybridized carbons (Fsp3) is 0.409. The van der Waals surface area contributed by atoms with E-state index >= 15 is 0 Å². The standard InChI is InChI=1S/C22H26FNO6S/c1-3-31(26,27)30-21-13-16(10-11-20(21)28-2)14-24(15-17-7-6-12-29-17)22(25)18-8-4-5-9-19(18)23/h4-5,8-11,13,17H,3,6-7,12,14-15H2,1-2H3. The number of rotatable bonds is 9. The number of hydrogen-bond donors (Lipinski definition) is 0. The molecule has 1 unspecified atom stereocenters. The van der Waals surface area contributed by atoms with Crippen LogP contribution in [0.1, 0.15) is 35.7 Å². The third kappa shape index (κ3) is 5.95. The van der Waals surface area contributed by atoms with E-state index in [1.165, 1.54) is 43.2 Å². The van der Waals surface area contributed by atoms with Crippen LogP contribution < -0.4 is 8.92 Å². The lowest BCUT2D eigenvalue weighted by atomic mass is 10.1.